The lowest BCUT2D eigenvalue weighted by Gasteiger charge is -2.24. The van der Waals surface area contributed by atoms with E-state index in [1.807, 2.05) is 12.3 Å². The number of hydrogen-bond donors (Lipinski definition) is 2. The minimum atomic E-state index is -0.0674. The van der Waals surface area contributed by atoms with Gasteiger partial charge in [-0.25, -0.2) is 0 Å². The van der Waals surface area contributed by atoms with Crippen LogP contribution in [0.3, 0.4) is 0 Å². The van der Waals surface area contributed by atoms with Crippen LogP contribution < -0.4 is 10.6 Å². The van der Waals surface area contributed by atoms with Crippen LogP contribution in [0.1, 0.15) is 32.1 Å². The topological polar surface area (TPSA) is 68.2 Å². The number of ether oxygens (including phenoxy) is 1. The minimum absolute atomic E-state index is 0.0430. The Morgan fingerprint density at radius 1 is 1.52 bits per heavy atom. The summed E-state index contributed by atoms with van der Waals surface area (Å²) in [7, 11) is 1.66. The molecule has 6 heteroatoms. The standard InChI is InChI=1S/C15H24N4O2/c1-21-9-8-19-7-6-14(18-19)17-15(20)13-10-11-4-2-3-5-12(11)16-13/h6-7,11-13,16H,2-5,8-10H2,1H3,(H,17,18,20). The predicted molar refractivity (Wildman–Crippen MR) is 80.0 cm³/mol. The second-order valence-corrected chi connectivity index (χ2v) is 6.05. The van der Waals surface area contributed by atoms with Crippen LogP contribution in [-0.2, 0) is 16.1 Å². The van der Waals surface area contributed by atoms with Gasteiger partial charge in [0.15, 0.2) is 5.82 Å². The molecule has 1 saturated carbocycles. The highest BCUT2D eigenvalue weighted by atomic mass is 16.5. The highest BCUT2D eigenvalue weighted by Crippen LogP contribution is 2.33. The number of amides is 1. The van der Waals surface area contributed by atoms with Crippen molar-refractivity contribution >= 4 is 11.7 Å². The minimum Gasteiger partial charge on any atom is -0.383 e. The number of methoxy groups -OCH3 is 1. The zero-order valence-electron chi connectivity index (χ0n) is 12.5. The average molecular weight is 292 g/mol. The molecule has 2 fully saturated rings. The molecule has 1 saturated heterocycles. The lowest BCUT2D eigenvalue weighted by Crippen LogP contribution is -2.40. The van der Waals surface area contributed by atoms with Gasteiger partial charge >= 0.3 is 0 Å². The van der Waals surface area contributed by atoms with Gasteiger partial charge in [-0.1, -0.05) is 12.8 Å². The van der Waals surface area contributed by atoms with Crippen molar-refractivity contribution < 1.29 is 9.53 Å². The number of fused-ring (bicyclic) bond motifs is 1. The summed E-state index contributed by atoms with van der Waals surface area (Å²) in [6, 6.07) is 2.30. The summed E-state index contributed by atoms with van der Waals surface area (Å²) >= 11 is 0. The first kappa shape index (κ1) is 14.5. The molecular formula is C15H24N4O2. The first-order valence-corrected chi connectivity index (χ1v) is 7.85. The van der Waals surface area contributed by atoms with Crippen molar-refractivity contribution in [3.63, 3.8) is 0 Å². The van der Waals surface area contributed by atoms with Gasteiger partial charge in [0.25, 0.3) is 0 Å². The Bertz CT molecular complexity index is 474. The first-order valence-electron chi connectivity index (χ1n) is 7.85. The molecule has 0 bridgehead atoms. The second-order valence-electron chi connectivity index (χ2n) is 6.05. The Hall–Kier alpha value is -1.40. The van der Waals surface area contributed by atoms with E-state index in [-0.39, 0.29) is 11.9 Å². The smallest absolute Gasteiger partial charge is 0.242 e. The zero-order chi connectivity index (χ0) is 14.7. The molecule has 3 rings (SSSR count). The second kappa shape index (κ2) is 6.58. The van der Waals surface area contributed by atoms with Crippen LogP contribution in [0.4, 0.5) is 5.82 Å². The number of carbonyl (C=O) groups excluding carboxylic acids is 1. The maximum Gasteiger partial charge on any atom is 0.242 e. The lowest BCUT2D eigenvalue weighted by molar-refractivity contribution is -0.117. The van der Waals surface area contributed by atoms with E-state index in [1.165, 1.54) is 25.7 Å². The van der Waals surface area contributed by atoms with Crippen LogP contribution in [0.25, 0.3) is 0 Å². The first-order chi connectivity index (χ1) is 10.3. The van der Waals surface area contributed by atoms with Crippen molar-refractivity contribution in [2.24, 2.45) is 5.92 Å². The van der Waals surface area contributed by atoms with E-state index < -0.39 is 0 Å². The van der Waals surface area contributed by atoms with Gasteiger partial charge in [-0.05, 0) is 25.2 Å². The predicted octanol–water partition coefficient (Wildman–Crippen LogP) is 1.39. The number of aromatic nitrogens is 2. The highest BCUT2D eigenvalue weighted by molar-refractivity contribution is 5.94. The van der Waals surface area contributed by atoms with Crippen molar-refractivity contribution in [1.29, 1.82) is 0 Å². The average Bonchev–Trinajstić information content (AvgIpc) is 3.11. The summed E-state index contributed by atoms with van der Waals surface area (Å²) in [5.41, 5.74) is 0. The number of hydrogen-bond acceptors (Lipinski definition) is 4. The molecule has 1 aliphatic carbocycles. The van der Waals surface area contributed by atoms with E-state index in [1.54, 1.807) is 11.8 Å². The molecule has 21 heavy (non-hydrogen) atoms. The number of rotatable bonds is 5. The summed E-state index contributed by atoms with van der Waals surface area (Å²) in [4.78, 5) is 12.3. The number of carbonyl (C=O) groups is 1. The normalized spacial score (nSPS) is 28.3. The zero-order valence-corrected chi connectivity index (χ0v) is 12.5. The van der Waals surface area contributed by atoms with Crippen molar-refractivity contribution in [3.05, 3.63) is 12.3 Å². The molecule has 1 aromatic rings. The molecule has 2 aliphatic rings. The van der Waals surface area contributed by atoms with Crippen LogP contribution in [-0.4, -0.2) is 41.5 Å². The van der Waals surface area contributed by atoms with Crippen LogP contribution in [0.2, 0.25) is 0 Å². The van der Waals surface area contributed by atoms with Crippen molar-refractivity contribution in [3.8, 4) is 0 Å². The van der Waals surface area contributed by atoms with Crippen molar-refractivity contribution in [1.82, 2.24) is 15.1 Å². The third-order valence-corrected chi connectivity index (χ3v) is 4.60. The van der Waals surface area contributed by atoms with Crippen LogP contribution in [0.15, 0.2) is 12.3 Å². The molecule has 6 nitrogen and oxygen atoms in total. The van der Waals surface area contributed by atoms with E-state index in [9.17, 15) is 4.79 Å². The van der Waals surface area contributed by atoms with Gasteiger partial charge < -0.3 is 15.4 Å². The third-order valence-electron chi connectivity index (χ3n) is 4.60. The quantitative estimate of drug-likeness (QED) is 0.860. The monoisotopic (exact) mass is 292 g/mol. The maximum atomic E-state index is 12.3. The molecule has 0 radical (unpaired) electrons. The van der Waals surface area contributed by atoms with Gasteiger partial charge in [-0.3, -0.25) is 9.48 Å². The Kier molecular flexibility index (Phi) is 4.55. The molecule has 3 atom stereocenters. The Morgan fingerprint density at radius 2 is 2.38 bits per heavy atom. The molecule has 0 spiro atoms. The fraction of sp³-hybridized carbons (Fsp3) is 0.733. The van der Waals surface area contributed by atoms with Crippen molar-refractivity contribution in [2.75, 3.05) is 19.0 Å². The maximum absolute atomic E-state index is 12.3. The largest absolute Gasteiger partial charge is 0.383 e. The third kappa shape index (κ3) is 3.44. The lowest BCUT2D eigenvalue weighted by atomic mass is 9.85. The Labute approximate surface area is 125 Å². The Morgan fingerprint density at radius 3 is 3.19 bits per heavy atom. The molecule has 3 unspecified atom stereocenters. The van der Waals surface area contributed by atoms with Gasteiger partial charge in [-0.15, -0.1) is 0 Å². The number of nitrogens with one attached hydrogen (secondary N) is 2. The van der Waals surface area contributed by atoms with E-state index in [4.69, 9.17) is 4.74 Å². The molecule has 1 amide bonds. The van der Waals surface area contributed by atoms with Gasteiger partial charge in [0.05, 0.1) is 19.2 Å². The van der Waals surface area contributed by atoms with Crippen LogP contribution in [0.5, 0.6) is 0 Å². The van der Waals surface area contributed by atoms with Gasteiger partial charge in [0.2, 0.25) is 5.91 Å². The highest BCUT2D eigenvalue weighted by Gasteiger charge is 2.38. The molecule has 1 aliphatic heterocycles. The Balaban J connectivity index is 1.53. The van der Waals surface area contributed by atoms with E-state index >= 15 is 0 Å². The van der Waals surface area contributed by atoms with E-state index in [0.717, 1.165) is 6.42 Å². The fourth-order valence-corrected chi connectivity index (χ4v) is 3.47. The van der Waals surface area contributed by atoms with Crippen LogP contribution in [0, 0.1) is 5.92 Å². The molecule has 0 aromatic carbocycles. The number of nitrogens with zero attached hydrogens (tertiary/aromatic N) is 2. The van der Waals surface area contributed by atoms with Crippen LogP contribution >= 0.6 is 0 Å². The van der Waals surface area contributed by atoms with Crippen molar-refractivity contribution in [2.45, 2.75) is 50.7 Å². The summed E-state index contributed by atoms with van der Waals surface area (Å²) in [6.45, 7) is 1.31. The van der Waals surface area contributed by atoms with Gasteiger partial charge in [0, 0.05) is 25.4 Å². The summed E-state index contributed by atoms with van der Waals surface area (Å²) in [6.07, 6.45) is 7.87. The van der Waals surface area contributed by atoms with E-state index in [2.05, 4.69) is 15.7 Å². The fourth-order valence-electron chi connectivity index (χ4n) is 3.47. The number of anilines is 1. The summed E-state index contributed by atoms with van der Waals surface area (Å²) in [5, 5.41) is 10.7. The SMILES string of the molecule is COCCn1ccc(NC(=O)C2CC3CCCCC3N2)n1. The molecule has 116 valence electrons. The molecule has 1 aromatic heterocycles. The van der Waals surface area contributed by atoms with Gasteiger partial charge in [-0.2, -0.15) is 5.10 Å². The van der Waals surface area contributed by atoms with E-state index in [0.29, 0.717) is 30.9 Å². The molecular weight excluding hydrogens is 268 g/mol. The molecule has 2 N–H and O–H groups in total. The summed E-state index contributed by atoms with van der Waals surface area (Å²) in [5.74, 6) is 1.34. The van der Waals surface area contributed by atoms with Gasteiger partial charge in [0.1, 0.15) is 0 Å². The molecule has 2 heterocycles. The summed E-state index contributed by atoms with van der Waals surface area (Å²) < 4.78 is 6.79.